The van der Waals surface area contributed by atoms with Crippen LogP contribution in [-0.4, -0.2) is 31.9 Å². The summed E-state index contributed by atoms with van der Waals surface area (Å²) in [6.07, 6.45) is -1.24. The van der Waals surface area contributed by atoms with Gasteiger partial charge in [0.15, 0.2) is 0 Å². The molecule has 186 valence electrons. The van der Waals surface area contributed by atoms with E-state index in [0.29, 0.717) is 22.7 Å². The van der Waals surface area contributed by atoms with Crippen LogP contribution < -0.4 is 15.0 Å². The van der Waals surface area contributed by atoms with E-state index in [9.17, 15) is 14.4 Å². The summed E-state index contributed by atoms with van der Waals surface area (Å²) >= 11 is 0. The molecule has 4 rings (SSSR count). The summed E-state index contributed by atoms with van der Waals surface area (Å²) in [4.78, 5) is 41.4. The molecule has 0 aliphatic carbocycles. The van der Waals surface area contributed by atoms with Gasteiger partial charge in [0.25, 0.3) is 11.8 Å². The van der Waals surface area contributed by atoms with Crippen molar-refractivity contribution in [1.29, 1.82) is 0 Å². The van der Waals surface area contributed by atoms with E-state index >= 15 is 0 Å². The third-order valence-electron chi connectivity index (χ3n) is 5.75. The molecule has 0 aliphatic rings. The van der Waals surface area contributed by atoms with E-state index in [1.165, 1.54) is 11.0 Å². The van der Waals surface area contributed by atoms with Crippen LogP contribution in [0.5, 0.6) is 5.75 Å². The zero-order chi connectivity index (χ0) is 26.2. The van der Waals surface area contributed by atoms with Crippen LogP contribution in [-0.2, 0) is 9.53 Å². The molecule has 0 fully saturated rings. The molecule has 0 aliphatic heterocycles. The highest BCUT2D eigenvalue weighted by Crippen LogP contribution is 2.25. The molecule has 4 aromatic carbocycles. The maximum atomic E-state index is 13.4. The van der Waals surface area contributed by atoms with Crippen molar-refractivity contribution in [2.24, 2.45) is 0 Å². The van der Waals surface area contributed by atoms with Gasteiger partial charge in [-0.2, -0.15) is 0 Å². The van der Waals surface area contributed by atoms with Crippen molar-refractivity contribution in [2.45, 2.75) is 6.10 Å². The average molecular weight is 495 g/mol. The third kappa shape index (κ3) is 6.02. The number of hydrogen-bond donors (Lipinski definition) is 1. The SMILES string of the molecule is COc1ccc(NC(=O)C(OC(=O)c2ccccc2C(=O)N(C)c2ccccc2)c2ccccc2)cc1. The molecule has 1 atom stereocenters. The van der Waals surface area contributed by atoms with Crippen molar-refractivity contribution in [3.8, 4) is 5.75 Å². The number of carbonyl (C=O) groups excluding carboxylic acids is 3. The zero-order valence-corrected chi connectivity index (χ0v) is 20.5. The van der Waals surface area contributed by atoms with Crippen LogP contribution in [0.25, 0.3) is 0 Å². The van der Waals surface area contributed by atoms with Crippen LogP contribution >= 0.6 is 0 Å². The number of ether oxygens (including phenoxy) is 2. The fourth-order valence-electron chi connectivity index (χ4n) is 3.75. The van der Waals surface area contributed by atoms with Crippen LogP contribution in [0, 0.1) is 0 Å². The Bertz CT molecular complexity index is 1370. The number of hydrogen-bond acceptors (Lipinski definition) is 5. The lowest BCUT2D eigenvalue weighted by molar-refractivity contribution is -0.125. The summed E-state index contributed by atoms with van der Waals surface area (Å²) in [7, 11) is 3.19. The number of carbonyl (C=O) groups is 3. The topological polar surface area (TPSA) is 84.9 Å². The molecule has 0 saturated heterocycles. The fraction of sp³-hybridized carbons (Fsp3) is 0.100. The zero-order valence-electron chi connectivity index (χ0n) is 20.5. The molecule has 4 aromatic rings. The predicted molar refractivity (Wildman–Crippen MR) is 142 cm³/mol. The minimum atomic E-state index is -1.24. The standard InChI is InChI=1S/C30H26N2O5/c1-32(23-13-7-4-8-14-23)29(34)25-15-9-10-16-26(25)30(35)37-27(21-11-5-3-6-12-21)28(33)31-22-17-19-24(36-2)20-18-22/h3-20,27H,1-2H3,(H,31,33). The molecule has 0 radical (unpaired) electrons. The monoisotopic (exact) mass is 494 g/mol. The quantitative estimate of drug-likeness (QED) is 0.327. The van der Waals surface area contributed by atoms with Crippen molar-refractivity contribution < 1.29 is 23.9 Å². The molecule has 7 nitrogen and oxygen atoms in total. The van der Waals surface area contributed by atoms with Crippen LogP contribution in [0.15, 0.2) is 109 Å². The summed E-state index contributed by atoms with van der Waals surface area (Å²) in [6.45, 7) is 0. The largest absolute Gasteiger partial charge is 0.497 e. The normalized spacial score (nSPS) is 11.2. The maximum absolute atomic E-state index is 13.4. The van der Waals surface area contributed by atoms with E-state index < -0.39 is 18.0 Å². The maximum Gasteiger partial charge on any atom is 0.340 e. The first-order chi connectivity index (χ1) is 18.0. The Morgan fingerprint density at radius 2 is 1.30 bits per heavy atom. The molecule has 0 spiro atoms. The second-order valence-electron chi connectivity index (χ2n) is 8.16. The van der Waals surface area contributed by atoms with Gasteiger partial charge < -0.3 is 19.7 Å². The summed E-state index contributed by atoms with van der Waals surface area (Å²) in [5.41, 5.74) is 1.92. The first-order valence-corrected chi connectivity index (χ1v) is 11.6. The fourth-order valence-corrected chi connectivity index (χ4v) is 3.75. The van der Waals surface area contributed by atoms with Gasteiger partial charge in [-0.3, -0.25) is 9.59 Å². The van der Waals surface area contributed by atoms with Crippen molar-refractivity contribution in [3.63, 3.8) is 0 Å². The van der Waals surface area contributed by atoms with Crippen LogP contribution in [0.3, 0.4) is 0 Å². The van der Waals surface area contributed by atoms with Gasteiger partial charge in [-0.1, -0.05) is 60.7 Å². The average Bonchev–Trinajstić information content (AvgIpc) is 2.96. The first kappa shape index (κ1) is 25.2. The lowest BCUT2D eigenvalue weighted by atomic mass is 10.1. The summed E-state index contributed by atoms with van der Waals surface area (Å²) in [5.74, 6) is -1.05. The third-order valence-corrected chi connectivity index (χ3v) is 5.75. The Kier molecular flexibility index (Phi) is 7.95. The Morgan fingerprint density at radius 3 is 1.92 bits per heavy atom. The van der Waals surface area contributed by atoms with Gasteiger partial charge in [-0.15, -0.1) is 0 Å². The lowest BCUT2D eigenvalue weighted by Crippen LogP contribution is -2.29. The Balaban J connectivity index is 1.60. The van der Waals surface area contributed by atoms with Crippen LogP contribution in [0.4, 0.5) is 11.4 Å². The van der Waals surface area contributed by atoms with Crippen LogP contribution in [0.2, 0.25) is 0 Å². The molecule has 0 heterocycles. The Hall–Kier alpha value is -4.91. The number of nitrogens with one attached hydrogen (secondary N) is 1. The number of methoxy groups -OCH3 is 1. The highest BCUT2D eigenvalue weighted by atomic mass is 16.5. The predicted octanol–water partition coefficient (Wildman–Crippen LogP) is 5.51. The number of para-hydroxylation sites is 1. The molecule has 1 unspecified atom stereocenters. The molecular weight excluding hydrogens is 468 g/mol. The molecule has 0 aromatic heterocycles. The number of amides is 2. The summed E-state index contributed by atoms with van der Waals surface area (Å²) in [5, 5.41) is 2.78. The molecule has 7 heteroatoms. The van der Waals surface area contributed by atoms with Crippen molar-refractivity contribution >= 4 is 29.2 Å². The van der Waals surface area contributed by atoms with Crippen molar-refractivity contribution in [2.75, 3.05) is 24.4 Å². The molecule has 0 saturated carbocycles. The Labute approximate surface area is 215 Å². The summed E-state index contributed by atoms with van der Waals surface area (Å²) in [6, 6.07) is 31.0. The highest BCUT2D eigenvalue weighted by Gasteiger charge is 2.28. The summed E-state index contributed by atoms with van der Waals surface area (Å²) < 4.78 is 10.9. The Morgan fingerprint density at radius 1 is 0.730 bits per heavy atom. The van der Waals surface area contributed by atoms with Gasteiger partial charge in [-0.25, -0.2) is 4.79 Å². The van der Waals surface area contributed by atoms with Gasteiger partial charge in [0.05, 0.1) is 18.2 Å². The minimum Gasteiger partial charge on any atom is -0.497 e. The van der Waals surface area contributed by atoms with Gasteiger partial charge >= 0.3 is 5.97 Å². The van der Waals surface area contributed by atoms with Crippen molar-refractivity contribution in [3.05, 3.63) is 126 Å². The van der Waals surface area contributed by atoms with E-state index in [-0.39, 0.29) is 17.0 Å². The van der Waals surface area contributed by atoms with Gasteiger partial charge in [0.1, 0.15) is 5.75 Å². The molecule has 2 amide bonds. The van der Waals surface area contributed by atoms with E-state index in [2.05, 4.69) is 5.32 Å². The van der Waals surface area contributed by atoms with Crippen molar-refractivity contribution in [1.82, 2.24) is 0 Å². The second-order valence-corrected chi connectivity index (χ2v) is 8.16. The number of benzene rings is 4. The van der Waals surface area contributed by atoms with E-state index in [0.717, 1.165) is 0 Å². The first-order valence-electron chi connectivity index (χ1n) is 11.6. The molecule has 37 heavy (non-hydrogen) atoms. The van der Waals surface area contributed by atoms with Gasteiger partial charge in [0.2, 0.25) is 6.10 Å². The van der Waals surface area contributed by atoms with Crippen LogP contribution in [0.1, 0.15) is 32.4 Å². The molecule has 1 N–H and O–H groups in total. The number of rotatable bonds is 8. The highest BCUT2D eigenvalue weighted by molar-refractivity contribution is 6.12. The number of anilines is 2. The van der Waals surface area contributed by atoms with Gasteiger partial charge in [-0.05, 0) is 48.5 Å². The molecule has 0 bridgehead atoms. The minimum absolute atomic E-state index is 0.0634. The van der Waals surface area contributed by atoms with E-state index in [4.69, 9.17) is 9.47 Å². The smallest absolute Gasteiger partial charge is 0.340 e. The van der Waals surface area contributed by atoms with Gasteiger partial charge in [0, 0.05) is 24.0 Å². The van der Waals surface area contributed by atoms with E-state index in [1.807, 2.05) is 18.2 Å². The number of nitrogens with zero attached hydrogens (tertiary/aromatic N) is 1. The lowest BCUT2D eigenvalue weighted by Gasteiger charge is -2.21. The second kappa shape index (κ2) is 11.7. The molecular formula is C30H26N2O5. The van der Waals surface area contributed by atoms with E-state index in [1.54, 1.807) is 99.1 Å². The number of esters is 1.